The second kappa shape index (κ2) is 6.32. The Balaban J connectivity index is 1.67. The molecule has 0 saturated carbocycles. The van der Waals surface area contributed by atoms with Crippen LogP contribution in [0, 0.1) is 0 Å². The first kappa shape index (κ1) is 13.5. The molecular weight excluding hydrogens is 268 g/mol. The van der Waals surface area contributed by atoms with E-state index in [2.05, 4.69) is 20.2 Å². The standard InChI is InChI=1S/C15H16N4O2/c20-15(18-12-4-2-1-3-5-12)13-10-17-14(11-16-13)19-6-8-21-9-7-19/h1-5,10-11H,6-9H2,(H,18,20). The maximum atomic E-state index is 12.1. The van der Waals surface area contributed by atoms with Crippen molar-refractivity contribution >= 4 is 17.4 Å². The molecule has 2 aromatic rings. The van der Waals surface area contributed by atoms with Gasteiger partial charge in [-0.1, -0.05) is 18.2 Å². The molecule has 1 aliphatic rings. The summed E-state index contributed by atoms with van der Waals surface area (Å²) in [7, 11) is 0. The van der Waals surface area contributed by atoms with Crippen LogP contribution in [-0.4, -0.2) is 42.2 Å². The summed E-state index contributed by atoms with van der Waals surface area (Å²) in [5.74, 6) is 0.511. The number of hydrogen-bond donors (Lipinski definition) is 1. The van der Waals surface area contributed by atoms with Gasteiger partial charge >= 0.3 is 0 Å². The molecular formula is C15H16N4O2. The Hall–Kier alpha value is -2.47. The lowest BCUT2D eigenvalue weighted by Gasteiger charge is -2.27. The topological polar surface area (TPSA) is 67.4 Å². The van der Waals surface area contributed by atoms with Crippen LogP contribution in [0.2, 0.25) is 0 Å². The Bertz CT molecular complexity index is 595. The second-order valence-electron chi connectivity index (χ2n) is 4.68. The molecule has 0 aliphatic carbocycles. The lowest BCUT2D eigenvalue weighted by molar-refractivity contribution is 0.102. The number of anilines is 2. The van der Waals surface area contributed by atoms with Gasteiger partial charge in [0.15, 0.2) is 0 Å². The number of aromatic nitrogens is 2. The summed E-state index contributed by atoms with van der Waals surface area (Å²) in [6, 6.07) is 9.28. The van der Waals surface area contributed by atoms with E-state index in [1.54, 1.807) is 6.20 Å². The Kier molecular flexibility index (Phi) is 4.07. The number of rotatable bonds is 3. The Labute approximate surface area is 122 Å². The normalized spacial score (nSPS) is 14.8. The van der Waals surface area contributed by atoms with E-state index in [0.717, 1.165) is 24.6 Å². The number of carbonyl (C=O) groups excluding carboxylic acids is 1. The predicted octanol–water partition coefficient (Wildman–Crippen LogP) is 1.57. The average Bonchev–Trinajstić information content (AvgIpc) is 2.57. The van der Waals surface area contributed by atoms with Gasteiger partial charge in [-0.05, 0) is 12.1 Å². The fraction of sp³-hybridized carbons (Fsp3) is 0.267. The SMILES string of the molecule is O=C(Nc1ccccc1)c1cnc(N2CCOCC2)cn1. The molecule has 6 heteroatoms. The monoisotopic (exact) mass is 284 g/mol. The molecule has 1 fully saturated rings. The van der Waals surface area contributed by atoms with E-state index in [1.165, 1.54) is 6.20 Å². The third kappa shape index (κ3) is 3.35. The second-order valence-corrected chi connectivity index (χ2v) is 4.68. The summed E-state index contributed by atoms with van der Waals surface area (Å²) >= 11 is 0. The summed E-state index contributed by atoms with van der Waals surface area (Å²) in [6.45, 7) is 2.98. The van der Waals surface area contributed by atoms with Crippen LogP contribution in [-0.2, 0) is 4.74 Å². The van der Waals surface area contributed by atoms with E-state index < -0.39 is 0 Å². The van der Waals surface area contributed by atoms with Crippen LogP contribution in [0.15, 0.2) is 42.7 Å². The van der Waals surface area contributed by atoms with Gasteiger partial charge in [0.1, 0.15) is 11.5 Å². The number of carbonyl (C=O) groups is 1. The van der Waals surface area contributed by atoms with E-state index in [0.29, 0.717) is 18.9 Å². The van der Waals surface area contributed by atoms with Crippen molar-refractivity contribution < 1.29 is 9.53 Å². The van der Waals surface area contributed by atoms with Crippen LogP contribution < -0.4 is 10.2 Å². The number of morpholine rings is 1. The zero-order valence-corrected chi connectivity index (χ0v) is 11.5. The van der Waals surface area contributed by atoms with Crippen molar-refractivity contribution in [3.05, 3.63) is 48.4 Å². The van der Waals surface area contributed by atoms with E-state index in [-0.39, 0.29) is 5.91 Å². The van der Waals surface area contributed by atoms with Crippen LogP contribution in [0.4, 0.5) is 11.5 Å². The molecule has 21 heavy (non-hydrogen) atoms. The molecule has 1 aliphatic heterocycles. The first-order valence-corrected chi connectivity index (χ1v) is 6.84. The molecule has 0 atom stereocenters. The van der Waals surface area contributed by atoms with Crippen molar-refractivity contribution in [2.24, 2.45) is 0 Å². The van der Waals surface area contributed by atoms with Crippen LogP contribution in [0.1, 0.15) is 10.5 Å². The fourth-order valence-corrected chi connectivity index (χ4v) is 2.11. The molecule has 108 valence electrons. The zero-order valence-electron chi connectivity index (χ0n) is 11.5. The lowest BCUT2D eigenvalue weighted by Crippen LogP contribution is -2.36. The van der Waals surface area contributed by atoms with Crippen molar-refractivity contribution in [2.75, 3.05) is 36.5 Å². The Morgan fingerprint density at radius 3 is 2.52 bits per heavy atom. The molecule has 1 amide bonds. The summed E-state index contributed by atoms with van der Waals surface area (Å²) in [6.07, 6.45) is 3.13. The molecule has 2 heterocycles. The van der Waals surface area contributed by atoms with Gasteiger partial charge < -0.3 is 15.0 Å². The highest BCUT2D eigenvalue weighted by Gasteiger charge is 2.14. The van der Waals surface area contributed by atoms with Crippen LogP contribution >= 0.6 is 0 Å². The smallest absolute Gasteiger partial charge is 0.275 e. The zero-order chi connectivity index (χ0) is 14.5. The van der Waals surface area contributed by atoms with E-state index in [4.69, 9.17) is 4.74 Å². The predicted molar refractivity (Wildman–Crippen MR) is 79.5 cm³/mol. The van der Waals surface area contributed by atoms with Crippen molar-refractivity contribution in [1.82, 2.24) is 9.97 Å². The minimum absolute atomic E-state index is 0.262. The summed E-state index contributed by atoms with van der Waals surface area (Å²) in [5.41, 5.74) is 1.04. The first-order valence-electron chi connectivity index (χ1n) is 6.84. The molecule has 1 aromatic carbocycles. The van der Waals surface area contributed by atoms with Gasteiger partial charge in [0, 0.05) is 18.8 Å². The summed E-state index contributed by atoms with van der Waals surface area (Å²) in [4.78, 5) is 22.7. The highest BCUT2D eigenvalue weighted by atomic mass is 16.5. The van der Waals surface area contributed by atoms with Crippen LogP contribution in [0.3, 0.4) is 0 Å². The van der Waals surface area contributed by atoms with Crippen molar-refractivity contribution in [2.45, 2.75) is 0 Å². The van der Waals surface area contributed by atoms with Crippen molar-refractivity contribution in [3.8, 4) is 0 Å². The minimum Gasteiger partial charge on any atom is -0.378 e. The molecule has 0 bridgehead atoms. The quantitative estimate of drug-likeness (QED) is 0.926. The number of hydrogen-bond acceptors (Lipinski definition) is 5. The van der Waals surface area contributed by atoms with Gasteiger partial charge in [0.2, 0.25) is 0 Å². The van der Waals surface area contributed by atoms with E-state index >= 15 is 0 Å². The highest BCUT2D eigenvalue weighted by Crippen LogP contribution is 2.12. The Morgan fingerprint density at radius 1 is 1.10 bits per heavy atom. The maximum Gasteiger partial charge on any atom is 0.275 e. The summed E-state index contributed by atoms with van der Waals surface area (Å²) < 4.78 is 5.30. The molecule has 0 spiro atoms. The largest absolute Gasteiger partial charge is 0.378 e. The summed E-state index contributed by atoms with van der Waals surface area (Å²) in [5, 5.41) is 2.78. The van der Waals surface area contributed by atoms with Gasteiger partial charge in [-0.15, -0.1) is 0 Å². The highest BCUT2D eigenvalue weighted by molar-refractivity contribution is 6.02. The van der Waals surface area contributed by atoms with Gasteiger partial charge in [0.25, 0.3) is 5.91 Å². The molecule has 1 aromatic heterocycles. The third-order valence-corrected chi connectivity index (χ3v) is 3.24. The van der Waals surface area contributed by atoms with Gasteiger partial charge in [-0.2, -0.15) is 0 Å². The molecule has 6 nitrogen and oxygen atoms in total. The van der Waals surface area contributed by atoms with Crippen molar-refractivity contribution in [1.29, 1.82) is 0 Å². The van der Waals surface area contributed by atoms with Gasteiger partial charge in [-0.25, -0.2) is 9.97 Å². The van der Waals surface area contributed by atoms with E-state index in [9.17, 15) is 4.79 Å². The number of amides is 1. The fourth-order valence-electron chi connectivity index (χ4n) is 2.11. The molecule has 1 saturated heterocycles. The third-order valence-electron chi connectivity index (χ3n) is 3.24. The molecule has 3 rings (SSSR count). The van der Waals surface area contributed by atoms with Crippen LogP contribution in [0.25, 0.3) is 0 Å². The number of ether oxygens (including phenoxy) is 1. The number of benzene rings is 1. The molecule has 1 N–H and O–H groups in total. The number of para-hydroxylation sites is 1. The lowest BCUT2D eigenvalue weighted by atomic mass is 10.3. The molecule has 0 unspecified atom stereocenters. The average molecular weight is 284 g/mol. The van der Waals surface area contributed by atoms with Gasteiger partial charge in [-0.3, -0.25) is 4.79 Å². The van der Waals surface area contributed by atoms with Gasteiger partial charge in [0.05, 0.1) is 25.6 Å². The molecule has 0 radical (unpaired) electrons. The Morgan fingerprint density at radius 2 is 1.86 bits per heavy atom. The maximum absolute atomic E-state index is 12.1. The van der Waals surface area contributed by atoms with E-state index in [1.807, 2.05) is 30.3 Å². The number of nitrogens with zero attached hydrogens (tertiary/aromatic N) is 3. The van der Waals surface area contributed by atoms with Crippen LogP contribution in [0.5, 0.6) is 0 Å². The number of nitrogens with one attached hydrogen (secondary N) is 1. The minimum atomic E-state index is -0.262. The van der Waals surface area contributed by atoms with Crippen molar-refractivity contribution in [3.63, 3.8) is 0 Å². The first-order chi connectivity index (χ1) is 10.3.